The van der Waals surface area contributed by atoms with Gasteiger partial charge in [-0.05, 0) is 99.0 Å². The molecule has 1 aliphatic carbocycles. The van der Waals surface area contributed by atoms with E-state index < -0.39 is 75.2 Å². The van der Waals surface area contributed by atoms with Crippen LogP contribution in [0.25, 0.3) is 33.3 Å². The van der Waals surface area contributed by atoms with E-state index in [0.29, 0.717) is 131 Å². The van der Waals surface area contributed by atoms with Crippen molar-refractivity contribution in [2.24, 2.45) is 5.92 Å². The Hall–Kier alpha value is -8.75. The molecule has 2 aromatic carbocycles. The standard InChI is InChI=1S/C78H108N12O21S/c1-9-78(99)62-45-65-71-61(47-90(65)76(97)59(62)20-21-67(78)91)56(57-13-10-11-15-63(57)84-71)22-27-88(52(4)5)77(98)111-49-54-16-18-55(19-17-54)82-73(94)53(6)81-75(96)70(51(2)3)85-69(93)24-29-103-31-33-105-35-37-107-39-41-109-43-44-110-42-40-108-38-36-106-34-32-104-30-26-80-74(95)64(50-112(100,101)102)83-68(92)23-28-89-66-48-87(8)86(7)46-60(66)58-14-12-25-79-72(58)89/h10-19,25,45,51-53,64,70,99H,9,20-24,26-44,46-50H2,1-8H3,(H,80,95)(H,81,96)(H,82,94)(H,83,92)(H,85,93)(H,100,101,102)/t53-,64-,70-,78-/m0/s1. The highest BCUT2D eigenvalue weighted by atomic mass is 32.2. The number of hydrogen-bond donors (Lipinski definition) is 7. The molecule has 0 bridgehead atoms. The molecule has 33 nitrogen and oxygen atoms in total. The van der Waals surface area contributed by atoms with Gasteiger partial charge in [-0.3, -0.25) is 38.1 Å². The molecule has 0 saturated heterocycles. The predicted molar refractivity (Wildman–Crippen MR) is 413 cm³/mol. The summed E-state index contributed by atoms with van der Waals surface area (Å²) in [5.74, 6) is -4.37. The van der Waals surface area contributed by atoms with Gasteiger partial charge in [0.25, 0.3) is 15.7 Å². The van der Waals surface area contributed by atoms with Gasteiger partial charge in [0, 0.05) is 111 Å². The lowest BCUT2D eigenvalue weighted by Crippen LogP contribution is -2.53. The molecular weight excluding hydrogens is 1470 g/mol. The fourth-order valence-electron chi connectivity index (χ4n) is 13.5. The first-order chi connectivity index (χ1) is 53.8. The molecule has 112 heavy (non-hydrogen) atoms. The van der Waals surface area contributed by atoms with Crippen molar-refractivity contribution < 1.29 is 94.3 Å². The van der Waals surface area contributed by atoms with Crippen molar-refractivity contribution in [3.05, 3.63) is 122 Å². The third-order valence-electron chi connectivity index (χ3n) is 19.8. The molecule has 7 N–H and O–H groups in total. The average molecular weight is 1580 g/mol. The van der Waals surface area contributed by atoms with E-state index in [9.17, 15) is 56.4 Å². The Morgan fingerprint density at radius 1 is 0.652 bits per heavy atom. The van der Waals surface area contributed by atoms with E-state index in [1.807, 2.05) is 68.9 Å². The van der Waals surface area contributed by atoms with Gasteiger partial charge in [0.05, 0.1) is 136 Å². The maximum absolute atomic E-state index is 14.0. The number of pyridine rings is 3. The summed E-state index contributed by atoms with van der Waals surface area (Å²) >= 11 is 0. The Bertz CT molecular complexity index is 4390. The van der Waals surface area contributed by atoms with Gasteiger partial charge in [0.2, 0.25) is 29.5 Å². The number of nitrogens with one attached hydrogen (secondary N) is 5. The van der Waals surface area contributed by atoms with Crippen molar-refractivity contribution in [3.8, 4) is 11.4 Å². The van der Waals surface area contributed by atoms with Gasteiger partial charge in [-0.1, -0.05) is 51.1 Å². The van der Waals surface area contributed by atoms with E-state index in [-0.39, 0.29) is 121 Å². The first kappa shape index (κ1) is 87.2. The highest BCUT2D eigenvalue weighted by Gasteiger charge is 2.44. The molecule has 0 fully saturated rings. The number of ether oxygens (including phenoxy) is 9. The van der Waals surface area contributed by atoms with E-state index in [0.717, 1.165) is 38.8 Å². The first-order valence-electron chi connectivity index (χ1n) is 38.1. The number of para-hydroxylation sites is 1. The molecule has 6 aromatic rings. The summed E-state index contributed by atoms with van der Waals surface area (Å²) in [6, 6.07) is 16.4. The fraction of sp³-hybridized carbons (Fsp3) is 0.564. The van der Waals surface area contributed by atoms with Crippen LogP contribution in [-0.2, 0) is 133 Å². The van der Waals surface area contributed by atoms with Gasteiger partial charge in [0.1, 0.15) is 41.7 Å². The van der Waals surface area contributed by atoms with Crippen LogP contribution in [0.4, 0.5) is 10.5 Å². The molecule has 9 rings (SSSR count). The highest BCUT2D eigenvalue weighted by Crippen LogP contribution is 2.41. The normalized spacial score (nSPS) is 15.7. The first-order valence-corrected chi connectivity index (χ1v) is 39.8. The molecule has 3 aliphatic rings. The molecule has 612 valence electrons. The van der Waals surface area contributed by atoms with Gasteiger partial charge in [-0.2, -0.15) is 8.42 Å². The van der Waals surface area contributed by atoms with Crippen molar-refractivity contribution in [1.82, 2.24) is 55.3 Å². The molecule has 4 atom stereocenters. The lowest BCUT2D eigenvalue weighted by molar-refractivity contribution is -0.140. The number of benzene rings is 2. The van der Waals surface area contributed by atoms with Crippen LogP contribution in [0, 0.1) is 5.92 Å². The van der Waals surface area contributed by atoms with Crippen molar-refractivity contribution in [3.63, 3.8) is 0 Å². The van der Waals surface area contributed by atoms with Gasteiger partial charge in [-0.15, -0.1) is 0 Å². The molecule has 6 heterocycles. The zero-order valence-corrected chi connectivity index (χ0v) is 66.0. The minimum Gasteiger partial charge on any atom is -0.445 e. The summed E-state index contributed by atoms with van der Waals surface area (Å²) in [6.07, 6.45) is 2.01. The Kier molecular flexibility index (Phi) is 33.0. The number of hydrogen-bond acceptors (Lipinski definition) is 24. The maximum Gasteiger partial charge on any atom is 0.410 e. The van der Waals surface area contributed by atoms with Crippen LogP contribution in [0.15, 0.2) is 77.7 Å². The topological polar surface area (TPSA) is 400 Å². The molecule has 0 radical (unpaired) electrons. The Morgan fingerprint density at radius 3 is 1.85 bits per heavy atom. The lowest BCUT2D eigenvalue weighted by atomic mass is 9.77. The van der Waals surface area contributed by atoms with E-state index in [1.54, 1.807) is 66.8 Å². The molecule has 2 aliphatic heterocycles. The van der Waals surface area contributed by atoms with E-state index in [2.05, 4.69) is 41.6 Å². The highest BCUT2D eigenvalue weighted by molar-refractivity contribution is 7.85. The monoisotopic (exact) mass is 1580 g/mol. The number of nitrogens with zero attached hydrogens (tertiary/aromatic N) is 7. The number of aliphatic hydroxyl groups is 1. The summed E-state index contributed by atoms with van der Waals surface area (Å²) in [6.45, 7) is 17.3. The van der Waals surface area contributed by atoms with Crippen LogP contribution in [-0.4, -0.2) is 256 Å². The number of aromatic nitrogens is 4. The van der Waals surface area contributed by atoms with Crippen LogP contribution in [0.2, 0.25) is 0 Å². The zero-order chi connectivity index (χ0) is 80.5. The third kappa shape index (κ3) is 24.2. The smallest absolute Gasteiger partial charge is 0.410 e. The SMILES string of the molecule is CC[C@@]1(O)C(=O)CCc2c1cc1n(c2=O)Cc2c-1nc1ccccc1c2CCN(C(=O)OCc1ccc(NC(=O)[C@H](C)NC(=O)[C@@H](NC(=O)CCOCCOCCOCCOCCOCCOCCOCCOCCNC(=O)[C@H](CS(=O)(=O)O)NC(=O)CCn2c3c(c4cccnc42)CN(C)N(C)C3)C(C)C)cc1)C(C)C. The second kappa shape index (κ2) is 42.4. The molecule has 0 spiro atoms. The number of hydrazine groups is 1. The second-order valence-electron chi connectivity index (χ2n) is 28.3. The Balaban J connectivity index is 0.544. The summed E-state index contributed by atoms with van der Waals surface area (Å²) < 4.78 is 86.9. The van der Waals surface area contributed by atoms with Gasteiger partial charge >= 0.3 is 6.09 Å². The summed E-state index contributed by atoms with van der Waals surface area (Å²) in [7, 11) is -0.662. The minimum atomic E-state index is -4.62. The van der Waals surface area contributed by atoms with E-state index in [1.165, 1.54) is 6.92 Å². The fourth-order valence-corrected chi connectivity index (χ4v) is 14.2. The minimum absolute atomic E-state index is 0.00653. The summed E-state index contributed by atoms with van der Waals surface area (Å²) in [5.41, 5.74) is 6.45. The molecule has 6 amide bonds. The number of anilines is 1. The lowest BCUT2D eigenvalue weighted by Gasteiger charge is -2.33. The molecule has 0 saturated carbocycles. The largest absolute Gasteiger partial charge is 0.445 e. The average Bonchev–Trinajstić information content (AvgIpc) is 1.50. The van der Waals surface area contributed by atoms with E-state index in [4.69, 9.17) is 47.6 Å². The van der Waals surface area contributed by atoms with Crippen molar-refractivity contribution in [2.45, 2.75) is 143 Å². The van der Waals surface area contributed by atoms with Gasteiger partial charge < -0.3 is 88.4 Å². The molecular formula is C78H108N12O21S. The predicted octanol–water partition coefficient (Wildman–Crippen LogP) is 3.96. The molecule has 0 unspecified atom stereocenters. The second-order valence-corrected chi connectivity index (χ2v) is 29.8. The molecule has 34 heteroatoms. The Morgan fingerprint density at radius 2 is 1.24 bits per heavy atom. The van der Waals surface area contributed by atoms with Crippen LogP contribution >= 0.6 is 0 Å². The van der Waals surface area contributed by atoms with Crippen molar-refractivity contribution in [1.29, 1.82) is 0 Å². The summed E-state index contributed by atoms with van der Waals surface area (Å²) in [4.78, 5) is 118. The van der Waals surface area contributed by atoms with Crippen molar-refractivity contribution >= 4 is 79.2 Å². The number of amides is 6. The van der Waals surface area contributed by atoms with Gasteiger partial charge in [-0.25, -0.2) is 24.8 Å². The molecule has 4 aromatic heterocycles. The van der Waals surface area contributed by atoms with Gasteiger partial charge in [0.15, 0.2) is 5.78 Å². The van der Waals surface area contributed by atoms with Crippen LogP contribution in [0.1, 0.15) is 106 Å². The van der Waals surface area contributed by atoms with E-state index >= 15 is 0 Å². The van der Waals surface area contributed by atoms with Crippen LogP contribution in [0.5, 0.6) is 0 Å². The zero-order valence-electron chi connectivity index (χ0n) is 65.2. The maximum atomic E-state index is 14.0. The number of rotatable bonds is 47. The summed E-state index contributed by atoms with van der Waals surface area (Å²) in [5, 5.41) is 30.8. The number of ketones is 1. The van der Waals surface area contributed by atoms with Crippen LogP contribution < -0.4 is 32.1 Å². The number of carbonyl (C=O) groups excluding carboxylic acids is 7. The van der Waals surface area contributed by atoms with Crippen LogP contribution in [0.3, 0.4) is 0 Å². The number of aryl methyl sites for hydroxylation is 1. The quantitative estimate of drug-likeness (QED) is 0.0210. The van der Waals surface area contributed by atoms with Crippen molar-refractivity contribution in [2.75, 3.05) is 144 Å². The number of Topliss-reactive ketones (excluding diaryl/α,β-unsaturated/α-hetero) is 1. The third-order valence-corrected chi connectivity index (χ3v) is 20.5. The number of carbonyl (C=O) groups is 7. The Labute approximate surface area is 652 Å². The number of fused-ring (bicyclic) bond motifs is 8.